The predicted molar refractivity (Wildman–Crippen MR) is 68.5 cm³/mol. The van der Waals surface area contributed by atoms with Gasteiger partial charge in [0.15, 0.2) is 0 Å². The lowest BCUT2D eigenvalue weighted by Gasteiger charge is -2.12. The SMILES string of the molecule is NS(=O)(=O)c1ccccc1CNCC1CCCO1. The third-order valence-electron chi connectivity index (χ3n) is 2.99. The van der Waals surface area contributed by atoms with Crippen molar-refractivity contribution in [1.29, 1.82) is 0 Å². The van der Waals surface area contributed by atoms with Gasteiger partial charge in [-0.15, -0.1) is 0 Å². The molecule has 1 heterocycles. The van der Waals surface area contributed by atoms with Crippen molar-refractivity contribution in [1.82, 2.24) is 5.32 Å². The van der Waals surface area contributed by atoms with E-state index in [1.54, 1.807) is 18.2 Å². The van der Waals surface area contributed by atoms with E-state index in [4.69, 9.17) is 9.88 Å². The molecule has 0 aliphatic carbocycles. The summed E-state index contributed by atoms with van der Waals surface area (Å²) in [6, 6.07) is 6.77. The molecule has 0 radical (unpaired) electrons. The van der Waals surface area contributed by atoms with Crippen LogP contribution in [0, 0.1) is 0 Å². The van der Waals surface area contributed by atoms with E-state index in [1.165, 1.54) is 6.07 Å². The molecule has 2 rings (SSSR count). The lowest BCUT2D eigenvalue weighted by atomic mass is 10.2. The van der Waals surface area contributed by atoms with Crippen molar-refractivity contribution >= 4 is 10.0 Å². The Bertz CT molecular complexity index is 496. The number of ether oxygens (including phenoxy) is 1. The number of nitrogens with two attached hydrogens (primary N) is 1. The van der Waals surface area contributed by atoms with E-state index in [0.29, 0.717) is 12.1 Å². The van der Waals surface area contributed by atoms with Crippen molar-refractivity contribution in [2.75, 3.05) is 13.2 Å². The Morgan fingerprint density at radius 2 is 2.17 bits per heavy atom. The second kappa shape index (κ2) is 5.79. The molecule has 1 unspecified atom stereocenters. The Kier molecular flexibility index (Phi) is 4.34. The summed E-state index contributed by atoms with van der Waals surface area (Å²) >= 11 is 0. The van der Waals surface area contributed by atoms with Gasteiger partial charge in [0, 0.05) is 19.7 Å². The second-order valence-corrected chi connectivity index (χ2v) is 5.95. The van der Waals surface area contributed by atoms with Gasteiger partial charge in [0.2, 0.25) is 10.0 Å². The van der Waals surface area contributed by atoms with Crippen LogP contribution in [-0.2, 0) is 21.3 Å². The van der Waals surface area contributed by atoms with Crippen LogP contribution in [0.2, 0.25) is 0 Å². The minimum Gasteiger partial charge on any atom is -0.377 e. The zero-order valence-electron chi connectivity index (χ0n) is 10.1. The van der Waals surface area contributed by atoms with Gasteiger partial charge < -0.3 is 10.1 Å². The second-order valence-electron chi connectivity index (χ2n) is 4.42. The molecule has 1 fully saturated rings. The number of nitrogens with one attached hydrogen (secondary N) is 1. The van der Waals surface area contributed by atoms with Gasteiger partial charge >= 0.3 is 0 Å². The van der Waals surface area contributed by atoms with E-state index in [2.05, 4.69) is 5.32 Å². The Hall–Kier alpha value is -0.950. The first-order valence-electron chi connectivity index (χ1n) is 6.00. The fourth-order valence-corrected chi connectivity index (χ4v) is 2.87. The van der Waals surface area contributed by atoms with Gasteiger partial charge in [-0.05, 0) is 24.5 Å². The Morgan fingerprint density at radius 1 is 1.39 bits per heavy atom. The van der Waals surface area contributed by atoms with Gasteiger partial charge in [0.1, 0.15) is 0 Å². The Balaban J connectivity index is 1.96. The van der Waals surface area contributed by atoms with Gasteiger partial charge in [-0.2, -0.15) is 0 Å². The molecule has 1 aromatic carbocycles. The van der Waals surface area contributed by atoms with E-state index in [0.717, 1.165) is 26.0 Å². The normalized spacial score (nSPS) is 20.2. The standard InChI is InChI=1S/C12H18N2O3S/c13-18(15,16)12-6-2-1-4-10(12)8-14-9-11-5-3-7-17-11/h1-2,4,6,11,14H,3,5,7-9H2,(H2,13,15,16). The summed E-state index contributed by atoms with van der Waals surface area (Å²) in [5.74, 6) is 0. The van der Waals surface area contributed by atoms with Crippen LogP contribution in [0.3, 0.4) is 0 Å². The first-order valence-corrected chi connectivity index (χ1v) is 7.55. The number of hydrogen-bond acceptors (Lipinski definition) is 4. The molecule has 3 N–H and O–H groups in total. The third-order valence-corrected chi connectivity index (χ3v) is 4.00. The van der Waals surface area contributed by atoms with Crippen molar-refractivity contribution in [3.8, 4) is 0 Å². The molecule has 0 spiro atoms. The first-order chi connectivity index (χ1) is 8.57. The molecule has 18 heavy (non-hydrogen) atoms. The molecule has 1 aliphatic rings. The number of benzene rings is 1. The minimum atomic E-state index is -3.65. The highest BCUT2D eigenvalue weighted by Gasteiger charge is 2.16. The van der Waals surface area contributed by atoms with Crippen molar-refractivity contribution < 1.29 is 13.2 Å². The zero-order valence-corrected chi connectivity index (χ0v) is 10.9. The quantitative estimate of drug-likeness (QED) is 0.821. The van der Waals surface area contributed by atoms with Gasteiger partial charge in [0.25, 0.3) is 0 Å². The van der Waals surface area contributed by atoms with Gasteiger partial charge in [-0.3, -0.25) is 0 Å². The molecule has 0 amide bonds. The highest BCUT2D eigenvalue weighted by molar-refractivity contribution is 7.89. The topological polar surface area (TPSA) is 81.4 Å². The Morgan fingerprint density at radius 3 is 2.83 bits per heavy atom. The van der Waals surface area contributed by atoms with Crippen LogP contribution in [0.1, 0.15) is 18.4 Å². The average Bonchev–Trinajstić information content (AvgIpc) is 2.81. The van der Waals surface area contributed by atoms with Gasteiger partial charge in [-0.25, -0.2) is 13.6 Å². The van der Waals surface area contributed by atoms with E-state index >= 15 is 0 Å². The van der Waals surface area contributed by atoms with Crippen LogP contribution in [0.25, 0.3) is 0 Å². The van der Waals surface area contributed by atoms with E-state index in [9.17, 15) is 8.42 Å². The summed E-state index contributed by atoms with van der Waals surface area (Å²) in [7, 11) is -3.65. The number of hydrogen-bond donors (Lipinski definition) is 2. The maximum absolute atomic E-state index is 11.4. The highest BCUT2D eigenvalue weighted by atomic mass is 32.2. The summed E-state index contributed by atoms with van der Waals surface area (Å²) in [6.07, 6.45) is 2.40. The van der Waals surface area contributed by atoms with Gasteiger partial charge in [-0.1, -0.05) is 18.2 Å². The average molecular weight is 270 g/mol. The van der Waals surface area contributed by atoms with Crippen LogP contribution in [0.4, 0.5) is 0 Å². The van der Waals surface area contributed by atoms with E-state index < -0.39 is 10.0 Å². The number of rotatable bonds is 5. The molecule has 6 heteroatoms. The monoisotopic (exact) mass is 270 g/mol. The van der Waals surface area contributed by atoms with E-state index in [-0.39, 0.29) is 11.0 Å². The Labute approximate surface area is 107 Å². The fraction of sp³-hybridized carbons (Fsp3) is 0.500. The molecule has 1 aliphatic heterocycles. The molecule has 0 bridgehead atoms. The van der Waals surface area contributed by atoms with Crippen molar-refractivity contribution in [2.24, 2.45) is 5.14 Å². The highest BCUT2D eigenvalue weighted by Crippen LogP contribution is 2.14. The number of primary sulfonamides is 1. The molecular weight excluding hydrogens is 252 g/mol. The predicted octanol–water partition coefficient (Wildman–Crippen LogP) is 0.603. The molecule has 0 saturated carbocycles. The fourth-order valence-electron chi connectivity index (χ4n) is 2.10. The molecule has 1 saturated heterocycles. The summed E-state index contributed by atoms with van der Waals surface area (Å²) in [5.41, 5.74) is 0.693. The maximum atomic E-state index is 11.4. The summed E-state index contributed by atoms with van der Waals surface area (Å²) in [6.45, 7) is 2.03. The van der Waals surface area contributed by atoms with Crippen molar-refractivity contribution in [3.05, 3.63) is 29.8 Å². The van der Waals surface area contributed by atoms with Crippen LogP contribution >= 0.6 is 0 Å². The molecule has 100 valence electrons. The molecule has 1 aromatic rings. The summed E-state index contributed by atoms with van der Waals surface area (Å²) < 4.78 is 28.3. The third kappa shape index (κ3) is 3.52. The molecule has 0 aromatic heterocycles. The van der Waals surface area contributed by atoms with Crippen molar-refractivity contribution in [3.63, 3.8) is 0 Å². The van der Waals surface area contributed by atoms with Crippen molar-refractivity contribution in [2.45, 2.75) is 30.4 Å². The lowest BCUT2D eigenvalue weighted by Crippen LogP contribution is -2.27. The van der Waals surface area contributed by atoms with Crippen LogP contribution in [0.5, 0.6) is 0 Å². The molecular formula is C12H18N2O3S. The summed E-state index contributed by atoms with van der Waals surface area (Å²) in [5, 5.41) is 8.38. The van der Waals surface area contributed by atoms with Gasteiger partial charge in [0.05, 0.1) is 11.0 Å². The lowest BCUT2D eigenvalue weighted by molar-refractivity contribution is 0.110. The zero-order chi connectivity index (χ0) is 13.0. The minimum absolute atomic E-state index is 0.185. The van der Waals surface area contributed by atoms with Crippen LogP contribution < -0.4 is 10.5 Å². The summed E-state index contributed by atoms with van der Waals surface area (Å²) in [4.78, 5) is 0.185. The maximum Gasteiger partial charge on any atom is 0.238 e. The molecule has 1 atom stereocenters. The van der Waals surface area contributed by atoms with Crippen LogP contribution in [0.15, 0.2) is 29.2 Å². The number of sulfonamides is 1. The largest absolute Gasteiger partial charge is 0.377 e. The smallest absolute Gasteiger partial charge is 0.238 e. The van der Waals surface area contributed by atoms with E-state index in [1.807, 2.05) is 0 Å². The molecule has 5 nitrogen and oxygen atoms in total. The van der Waals surface area contributed by atoms with Crippen LogP contribution in [-0.4, -0.2) is 27.7 Å². The first kappa shape index (κ1) is 13.5.